The van der Waals surface area contributed by atoms with E-state index in [-0.39, 0.29) is 29.3 Å². The van der Waals surface area contributed by atoms with Crippen LogP contribution in [0.5, 0.6) is 0 Å². The summed E-state index contributed by atoms with van der Waals surface area (Å²) in [6.45, 7) is 4.47. The molecule has 3 rings (SSSR count). The van der Waals surface area contributed by atoms with Gasteiger partial charge in [0.2, 0.25) is 5.91 Å². The average molecular weight is 363 g/mol. The standard InChI is InChI=1S/C16H17N3O5S/c1-3-17-10(2)15(18-13(20)8-14(18)25-17)16(21)24-9-11-4-6-12(7-5-11)19(22)23/h4-7,14H,3,8-9H2,1-2H3/t14-/m0/s1. The first-order valence-corrected chi connectivity index (χ1v) is 8.63. The van der Waals surface area contributed by atoms with Gasteiger partial charge in [-0.3, -0.25) is 19.8 Å². The second kappa shape index (κ2) is 6.75. The van der Waals surface area contributed by atoms with E-state index < -0.39 is 10.9 Å². The normalized spacial score (nSPS) is 19.4. The van der Waals surface area contributed by atoms with Gasteiger partial charge in [0.05, 0.1) is 17.0 Å². The molecular formula is C16H17N3O5S. The van der Waals surface area contributed by atoms with Crippen LogP contribution >= 0.6 is 11.9 Å². The number of β-lactam (4-membered cyclic amide) rings is 1. The summed E-state index contributed by atoms with van der Waals surface area (Å²) in [5.74, 6) is -0.650. The molecule has 1 saturated heterocycles. The highest BCUT2D eigenvalue weighted by Crippen LogP contribution is 2.42. The zero-order valence-electron chi connectivity index (χ0n) is 13.8. The summed E-state index contributed by atoms with van der Waals surface area (Å²) < 4.78 is 7.32. The SMILES string of the molecule is CCN1S[C@H]2CC(=O)N2C(C(=O)OCc2ccc([N+](=O)[O-])cc2)=C1C. The summed E-state index contributed by atoms with van der Waals surface area (Å²) >= 11 is 1.54. The Hall–Kier alpha value is -2.55. The van der Waals surface area contributed by atoms with Gasteiger partial charge in [-0.25, -0.2) is 4.79 Å². The molecule has 1 fully saturated rings. The fourth-order valence-electron chi connectivity index (χ4n) is 2.75. The molecule has 8 nitrogen and oxygen atoms in total. The molecule has 0 spiro atoms. The molecule has 2 heterocycles. The number of nitro groups is 1. The van der Waals surface area contributed by atoms with Crippen molar-refractivity contribution in [3.8, 4) is 0 Å². The van der Waals surface area contributed by atoms with E-state index in [1.165, 1.54) is 17.0 Å². The van der Waals surface area contributed by atoms with Gasteiger partial charge in [0.1, 0.15) is 12.0 Å². The van der Waals surface area contributed by atoms with Crippen LogP contribution in [0.2, 0.25) is 0 Å². The van der Waals surface area contributed by atoms with E-state index in [1.807, 2.05) is 11.2 Å². The minimum absolute atomic E-state index is 0.0143. The number of carbonyl (C=O) groups is 2. The van der Waals surface area contributed by atoms with E-state index in [4.69, 9.17) is 4.74 Å². The lowest BCUT2D eigenvalue weighted by molar-refractivity contribution is -0.384. The van der Waals surface area contributed by atoms with E-state index in [0.29, 0.717) is 24.2 Å². The number of rotatable bonds is 5. The second-order valence-electron chi connectivity index (χ2n) is 5.66. The summed E-state index contributed by atoms with van der Waals surface area (Å²) in [7, 11) is 0. The Morgan fingerprint density at radius 1 is 1.40 bits per heavy atom. The van der Waals surface area contributed by atoms with Gasteiger partial charge in [0, 0.05) is 18.7 Å². The molecule has 0 unspecified atom stereocenters. The minimum atomic E-state index is -0.562. The number of nitro benzene ring substituents is 1. The number of hydrogen-bond donors (Lipinski definition) is 0. The zero-order valence-corrected chi connectivity index (χ0v) is 14.6. The van der Waals surface area contributed by atoms with Crippen LogP contribution in [0.3, 0.4) is 0 Å². The molecule has 1 aromatic rings. The number of esters is 1. The predicted molar refractivity (Wildman–Crippen MR) is 90.8 cm³/mol. The van der Waals surface area contributed by atoms with Crippen LogP contribution < -0.4 is 0 Å². The lowest BCUT2D eigenvalue weighted by Gasteiger charge is -2.47. The zero-order chi connectivity index (χ0) is 18.1. The van der Waals surface area contributed by atoms with Gasteiger partial charge < -0.3 is 9.04 Å². The first kappa shape index (κ1) is 17.3. The van der Waals surface area contributed by atoms with Crippen LogP contribution in [0, 0.1) is 10.1 Å². The summed E-state index contributed by atoms with van der Waals surface area (Å²) in [6.07, 6.45) is 0.410. The molecule has 25 heavy (non-hydrogen) atoms. The third-order valence-corrected chi connectivity index (χ3v) is 5.52. The fraction of sp³-hybridized carbons (Fsp3) is 0.375. The Balaban J connectivity index is 1.73. The van der Waals surface area contributed by atoms with Crippen LogP contribution in [-0.4, -0.2) is 37.9 Å². The lowest BCUT2D eigenvalue weighted by Crippen LogP contribution is -2.56. The van der Waals surface area contributed by atoms with Crippen LogP contribution in [0.4, 0.5) is 5.69 Å². The number of allylic oxidation sites excluding steroid dienone is 1. The Kier molecular flexibility index (Phi) is 4.67. The predicted octanol–water partition coefficient (Wildman–Crippen LogP) is 2.41. The number of nitrogens with zero attached hydrogens (tertiary/aromatic N) is 3. The molecule has 9 heteroatoms. The van der Waals surface area contributed by atoms with Crippen molar-refractivity contribution in [3.63, 3.8) is 0 Å². The van der Waals surface area contributed by atoms with Crippen molar-refractivity contribution in [3.05, 3.63) is 51.3 Å². The molecule has 0 aromatic heterocycles. The fourth-order valence-corrected chi connectivity index (χ4v) is 3.97. The minimum Gasteiger partial charge on any atom is -0.456 e. The highest BCUT2D eigenvalue weighted by Gasteiger charge is 2.47. The molecule has 2 aliphatic heterocycles. The molecule has 0 bridgehead atoms. The van der Waals surface area contributed by atoms with Gasteiger partial charge in [-0.1, -0.05) is 0 Å². The van der Waals surface area contributed by atoms with E-state index in [9.17, 15) is 19.7 Å². The van der Waals surface area contributed by atoms with Crippen LogP contribution in [-0.2, 0) is 20.9 Å². The topological polar surface area (TPSA) is 93.0 Å². The summed E-state index contributed by atoms with van der Waals surface area (Å²) in [4.78, 5) is 36.1. The van der Waals surface area contributed by atoms with Crippen molar-refractivity contribution in [2.24, 2.45) is 0 Å². The molecule has 1 amide bonds. The van der Waals surface area contributed by atoms with Crippen molar-refractivity contribution in [2.75, 3.05) is 6.54 Å². The molecule has 0 saturated carbocycles. The highest BCUT2D eigenvalue weighted by atomic mass is 32.2. The maximum atomic E-state index is 12.5. The van der Waals surface area contributed by atoms with Crippen molar-refractivity contribution in [2.45, 2.75) is 32.2 Å². The van der Waals surface area contributed by atoms with E-state index >= 15 is 0 Å². The maximum absolute atomic E-state index is 12.5. The molecule has 1 atom stereocenters. The van der Waals surface area contributed by atoms with Crippen LogP contribution in [0.25, 0.3) is 0 Å². The van der Waals surface area contributed by atoms with Crippen molar-refractivity contribution >= 4 is 29.5 Å². The third kappa shape index (κ3) is 3.19. The van der Waals surface area contributed by atoms with Crippen molar-refractivity contribution < 1.29 is 19.2 Å². The Morgan fingerprint density at radius 3 is 2.64 bits per heavy atom. The molecule has 2 aliphatic rings. The van der Waals surface area contributed by atoms with E-state index in [1.54, 1.807) is 31.0 Å². The quantitative estimate of drug-likeness (QED) is 0.261. The number of benzene rings is 1. The number of non-ortho nitro benzene ring substituents is 1. The number of fused-ring (bicyclic) bond motifs is 1. The Morgan fingerprint density at radius 2 is 2.08 bits per heavy atom. The Labute approximate surface area is 148 Å². The van der Waals surface area contributed by atoms with Gasteiger partial charge in [0.15, 0.2) is 5.70 Å². The van der Waals surface area contributed by atoms with E-state index in [2.05, 4.69) is 0 Å². The van der Waals surface area contributed by atoms with Gasteiger partial charge in [-0.2, -0.15) is 0 Å². The first-order chi connectivity index (χ1) is 11.9. The molecule has 132 valence electrons. The highest BCUT2D eigenvalue weighted by molar-refractivity contribution is 7.97. The van der Waals surface area contributed by atoms with Gasteiger partial charge in [0.25, 0.3) is 5.69 Å². The first-order valence-electron chi connectivity index (χ1n) is 7.80. The van der Waals surface area contributed by atoms with Crippen molar-refractivity contribution in [1.82, 2.24) is 9.21 Å². The molecular weight excluding hydrogens is 346 g/mol. The van der Waals surface area contributed by atoms with Crippen molar-refractivity contribution in [1.29, 1.82) is 0 Å². The van der Waals surface area contributed by atoms with Gasteiger partial charge in [-0.15, -0.1) is 0 Å². The monoisotopic (exact) mass is 363 g/mol. The largest absolute Gasteiger partial charge is 0.456 e. The molecule has 1 aromatic carbocycles. The Bertz CT molecular complexity index is 762. The lowest BCUT2D eigenvalue weighted by atomic mass is 10.1. The average Bonchev–Trinajstić information content (AvgIpc) is 2.60. The summed E-state index contributed by atoms with van der Waals surface area (Å²) in [5.41, 5.74) is 1.60. The van der Waals surface area contributed by atoms with Gasteiger partial charge >= 0.3 is 5.97 Å². The molecule has 0 N–H and O–H groups in total. The van der Waals surface area contributed by atoms with E-state index in [0.717, 1.165) is 0 Å². The van der Waals surface area contributed by atoms with Crippen LogP contribution in [0.1, 0.15) is 25.8 Å². The van der Waals surface area contributed by atoms with Crippen LogP contribution in [0.15, 0.2) is 35.7 Å². The number of hydrogen-bond acceptors (Lipinski definition) is 7. The number of ether oxygens (including phenoxy) is 1. The summed E-state index contributed by atoms with van der Waals surface area (Å²) in [6, 6.07) is 5.80. The number of carbonyl (C=O) groups excluding carboxylic acids is 2. The number of amides is 1. The molecule has 0 aliphatic carbocycles. The summed E-state index contributed by atoms with van der Waals surface area (Å²) in [5, 5.41) is 10.6. The third-order valence-electron chi connectivity index (χ3n) is 4.11. The second-order valence-corrected chi connectivity index (χ2v) is 6.85. The smallest absolute Gasteiger partial charge is 0.357 e. The molecule has 0 radical (unpaired) electrons. The van der Waals surface area contributed by atoms with Gasteiger partial charge in [-0.05, 0) is 43.5 Å². The maximum Gasteiger partial charge on any atom is 0.357 e.